The van der Waals surface area contributed by atoms with Gasteiger partial charge in [0.25, 0.3) is 0 Å². The number of amides is 1. The molecular weight excluding hydrogens is 367 g/mol. The molecule has 2 aliphatic rings. The first-order valence-corrected chi connectivity index (χ1v) is 10.3. The molecule has 0 radical (unpaired) electrons. The zero-order chi connectivity index (χ0) is 17.6. The first-order valence-electron chi connectivity index (χ1n) is 9.91. The molecule has 0 bridgehead atoms. The number of nitrogens with one attached hydrogen (secondary N) is 1. The van der Waals surface area contributed by atoms with E-state index in [1.807, 2.05) is 12.1 Å². The Morgan fingerprint density at radius 2 is 1.85 bits per heavy atom. The quantitative estimate of drug-likeness (QED) is 0.752. The minimum Gasteiger partial charge on any atom is -0.336 e. The summed E-state index contributed by atoms with van der Waals surface area (Å²) in [5.74, 6) is 1.50. The Kier molecular flexibility index (Phi) is 8.72. The Morgan fingerprint density at radius 1 is 1.15 bits per heavy atom. The van der Waals surface area contributed by atoms with E-state index in [-0.39, 0.29) is 18.4 Å². The van der Waals surface area contributed by atoms with Crippen LogP contribution < -0.4 is 5.32 Å². The molecule has 2 saturated heterocycles. The lowest BCUT2D eigenvalue weighted by Crippen LogP contribution is -2.37. The van der Waals surface area contributed by atoms with Crippen LogP contribution >= 0.6 is 24.0 Å². The van der Waals surface area contributed by atoms with Gasteiger partial charge < -0.3 is 10.2 Å². The highest BCUT2D eigenvalue weighted by atomic mass is 35.5. The van der Waals surface area contributed by atoms with Gasteiger partial charge in [0.05, 0.1) is 6.04 Å². The van der Waals surface area contributed by atoms with Gasteiger partial charge in [0.15, 0.2) is 0 Å². The van der Waals surface area contributed by atoms with E-state index in [0.29, 0.717) is 24.2 Å². The van der Waals surface area contributed by atoms with Crippen LogP contribution in [0.4, 0.5) is 0 Å². The maximum atomic E-state index is 13.1. The monoisotopic (exact) mass is 398 g/mol. The highest BCUT2D eigenvalue weighted by Crippen LogP contribution is 2.33. The maximum Gasteiger partial charge on any atom is 0.223 e. The van der Waals surface area contributed by atoms with E-state index in [1.54, 1.807) is 0 Å². The van der Waals surface area contributed by atoms with Gasteiger partial charge in [-0.15, -0.1) is 12.4 Å². The fourth-order valence-corrected chi connectivity index (χ4v) is 4.54. The van der Waals surface area contributed by atoms with Gasteiger partial charge in [0.1, 0.15) is 0 Å². The van der Waals surface area contributed by atoms with Crippen molar-refractivity contribution in [3.05, 3.63) is 34.9 Å². The van der Waals surface area contributed by atoms with Gasteiger partial charge in [0, 0.05) is 18.0 Å². The average molecular weight is 399 g/mol. The normalized spacial score (nSPS) is 23.0. The number of carbonyl (C=O) groups is 1. The van der Waals surface area contributed by atoms with Crippen LogP contribution in [0.1, 0.15) is 63.5 Å². The van der Waals surface area contributed by atoms with Crippen molar-refractivity contribution < 1.29 is 4.79 Å². The first kappa shape index (κ1) is 21.5. The second-order valence-corrected chi connectivity index (χ2v) is 8.21. The summed E-state index contributed by atoms with van der Waals surface area (Å²) in [6.07, 6.45) is 7.70. The number of rotatable bonds is 4. The molecule has 5 heteroatoms. The molecule has 3 rings (SSSR count). The number of piperidine rings is 1. The van der Waals surface area contributed by atoms with Gasteiger partial charge in [-0.25, -0.2) is 0 Å². The summed E-state index contributed by atoms with van der Waals surface area (Å²) in [5, 5.41) is 4.18. The number of halogens is 2. The molecule has 26 heavy (non-hydrogen) atoms. The smallest absolute Gasteiger partial charge is 0.223 e. The van der Waals surface area contributed by atoms with Crippen LogP contribution in [0.25, 0.3) is 0 Å². The Bertz CT molecular complexity index is 558. The van der Waals surface area contributed by atoms with E-state index < -0.39 is 0 Å². The van der Waals surface area contributed by atoms with Crippen LogP contribution in [-0.4, -0.2) is 30.4 Å². The Balaban J connectivity index is 0.00000243. The predicted octanol–water partition coefficient (Wildman–Crippen LogP) is 5.23. The molecule has 1 aromatic rings. The Labute approximate surface area is 169 Å². The number of carbonyl (C=O) groups excluding carboxylic acids is 1. The van der Waals surface area contributed by atoms with E-state index >= 15 is 0 Å². The third-order valence-corrected chi connectivity index (χ3v) is 6.27. The minimum absolute atomic E-state index is 0. The fourth-order valence-electron chi connectivity index (χ4n) is 4.41. The van der Waals surface area contributed by atoms with Gasteiger partial charge >= 0.3 is 0 Å². The van der Waals surface area contributed by atoms with Crippen molar-refractivity contribution in [3.8, 4) is 0 Å². The molecule has 1 aromatic carbocycles. The lowest BCUT2D eigenvalue weighted by Gasteiger charge is -2.33. The van der Waals surface area contributed by atoms with E-state index in [9.17, 15) is 4.79 Å². The summed E-state index contributed by atoms with van der Waals surface area (Å²) < 4.78 is 0. The summed E-state index contributed by atoms with van der Waals surface area (Å²) in [4.78, 5) is 15.3. The molecule has 2 fully saturated rings. The van der Waals surface area contributed by atoms with Gasteiger partial charge in [0.2, 0.25) is 5.91 Å². The van der Waals surface area contributed by atoms with Gasteiger partial charge in [-0.05, 0) is 68.3 Å². The molecule has 2 heterocycles. The Morgan fingerprint density at radius 3 is 2.54 bits per heavy atom. The molecule has 0 saturated carbocycles. The summed E-state index contributed by atoms with van der Waals surface area (Å²) in [5.41, 5.74) is 1.23. The zero-order valence-corrected chi connectivity index (χ0v) is 17.3. The Hall–Kier alpha value is -0.770. The van der Waals surface area contributed by atoms with Crippen LogP contribution in [0, 0.1) is 11.8 Å². The van der Waals surface area contributed by atoms with Crippen molar-refractivity contribution in [2.24, 2.45) is 11.8 Å². The second-order valence-electron chi connectivity index (χ2n) is 7.77. The van der Waals surface area contributed by atoms with Crippen LogP contribution in [0.3, 0.4) is 0 Å². The van der Waals surface area contributed by atoms with Crippen LogP contribution in [-0.2, 0) is 4.79 Å². The molecule has 1 amide bonds. The highest BCUT2D eigenvalue weighted by Gasteiger charge is 2.29. The van der Waals surface area contributed by atoms with Crippen molar-refractivity contribution in [2.45, 2.75) is 57.9 Å². The number of hydrogen-bond donors (Lipinski definition) is 1. The zero-order valence-electron chi connectivity index (χ0n) is 15.8. The largest absolute Gasteiger partial charge is 0.336 e. The van der Waals surface area contributed by atoms with Crippen LogP contribution in [0.2, 0.25) is 5.02 Å². The number of hydrogen-bond acceptors (Lipinski definition) is 2. The predicted molar refractivity (Wildman–Crippen MR) is 111 cm³/mol. The summed E-state index contributed by atoms with van der Waals surface area (Å²) in [6.45, 7) is 5.36. The third-order valence-electron chi connectivity index (χ3n) is 6.01. The second kappa shape index (κ2) is 10.5. The molecule has 146 valence electrons. The molecular formula is C21H32Cl2N2O. The SMILES string of the molecule is CC(CC(=O)N1CCCCCC1c1ccc(Cl)cc1)C1CCNCC1.Cl. The van der Waals surface area contributed by atoms with Crippen LogP contribution in [0.5, 0.6) is 0 Å². The molecule has 3 nitrogen and oxygen atoms in total. The van der Waals surface area contributed by atoms with Gasteiger partial charge in [-0.2, -0.15) is 0 Å². The summed E-state index contributed by atoms with van der Waals surface area (Å²) in [6, 6.07) is 8.29. The van der Waals surface area contributed by atoms with Crippen molar-refractivity contribution in [1.29, 1.82) is 0 Å². The number of likely N-dealkylation sites (tertiary alicyclic amines) is 1. The molecule has 2 aliphatic heterocycles. The van der Waals surface area contributed by atoms with Crippen molar-refractivity contribution >= 4 is 29.9 Å². The fraction of sp³-hybridized carbons (Fsp3) is 0.667. The van der Waals surface area contributed by atoms with Crippen molar-refractivity contribution in [2.75, 3.05) is 19.6 Å². The van der Waals surface area contributed by atoms with Crippen molar-refractivity contribution in [3.63, 3.8) is 0 Å². The third kappa shape index (κ3) is 5.61. The average Bonchev–Trinajstić information content (AvgIpc) is 2.89. The topological polar surface area (TPSA) is 32.3 Å². The maximum absolute atomic E-state index is 13.1. The van der Waals surface area contributed by atoms with E-state index in [0.717, 1.165) is 37.5 Å². The van der Waals surface area contributed by atoms with Gasteiger partial charge in [-0.1, -0.05) is 43.5 Å². The number of benzene rings is 1. The molecule has 0 spiro atoms. The van der Waals surface area contributed by atoms with Gasteiger partial charge in [-0.3, -0.25) is 4.79 Å². The lowest BCUT2D eigenvalue weighted by atomic mass is 9.83. The first-order chi connectivity index (χ1) is 12.1. The molecule has 2 unspecified atom stereocenters. The molecule has 1 N–H and O–H groups in total. The standard InChI is InChI=1S/C21H31ClN2O.ClH/c1-16(17-10-12-23-13-11-17)15-21(25)24-14-4-2-3-5-20(24)18-6-8-19(22)9-7-18;/h6-9,16-17,20,23H,2-5,10-15H2,1H3;1H. The van der Waals surface area contributed by atoms with E-state index in [1.165, 1.54) is 31.2 Å². The van der Waals surface area contributed by atoms with E-state index in [4.69, 9.17) is 11.6 Å². The molecule has 0 aliphatic carbocycles. The number of nitrogens with zero attached hydrogens (tertiary/aromatic N) is 1. The van der Waals surface area contributed by atoms with E-state index in [2.05, 4.69) is 29.3 Å². The summed E-state index contributed by atoms with van der Waals surface area (Å²) in [7, 11) is 0. The lowest BCUT2D eigenvalue weighted by molar-refractivity contribution is -0.135. The van der Waals surface area contributed by atoms with Crippen molar-refractivity contribution in [1.82, 2.24) is 10.2 Å². The minimum atomic E-state index is 0. The molecule has 0 aromatic heterocycles. The highest BCUT2D eigenvalue weighted by molar-refractivity contribution is 6.30. The summed E-state index contributed by atoms with van der Waals surface area (Å²) >= 11 is 6.05. The van der Waals surface area contributed by atoms with Crippen LogP contribution in [0.15, 0.2) is 24.3 Å². The molecule has 2 atom stereocenters.